The van der Waals surface area contributed by atoms with Crippen molar-refractivity contribution in [3.8, 4) is 0 Å². The Labute approximate surface area is 160 Å². The lowest BCUT2D eigenvalue weighted by molar-refractivity contribution is 0.190. The molecule has 1 aliphatic heterocycles. The highest BCUT2D eigenvalue weighted by Crippen LogP contribution is 2.53. The van der Waals surface area contributed by atoms with Gasteiger partial charge in [-0.05, 0) is 31.0 Å². The summed E-state index contributed by atoms with van der Waals surface area (Å²) < 4.78 is 28.3. The Hall–Kier alpha value is -1.62. The number of aryl methyl sites for hydroxylation is 1. The fraction of sp³-hybridized carbons (Fsp3) is 0.333. The zero-order valence-electron chi connectivity index (χ0n) is 14.7. The molecule has 0 aromatic heterocycles. The number of hydrogen-bond acceptors (Lipinski definition) is 2. The maximum absolute atomic E-state index is 13.3. The zero-order chi connectivity index (χ0) is 18.3. The van der Waals surface area contributed by atoms with Crippen LogP contribution in [0.2, 0.25) is 0 Å². The fourth-order valence-corrected chi connectivity index (χ4v) is 6.26. The molecule has 136 valence electrons. The van der Waals surface area contributed by atoms with Crippen LogP contribution >= 0.6 is 11.6 Å². The smallest absolute Gasteiger partial charge is 0.207 e. The quantitative estimate of drug-likeness (QED) is 0.578. The lowest BCUT2D eigenvalue weighted by Crippen LogP contribution is -2.57. The van der Waals surface area contributed by atoms with Gasteiger partial charge in [0, 0.05) is 24.3 Å². The van der Waals surface area contributed by atoms with E-state index in [9.17, 15) is 8.42 Å². The zero-order valence-corrected chi connectivity index (χ0v) is 16.2. The van der Waals surface area contributed by atoms with Crippen molar-refractivity contribution < 1.29 is 8.42 Å². The molecule has 26 heavy (non-hydrogen) atoms. The Morgan fingerprint density at radius 3 is 2.42 bits per heavy atom. The van der Waals surface area contributed by atoms with Gasteiger partial charge in [0.2, 0.25) is 10.0 Å². The third kappa shape index (κ3) is 2.81. The molecule has 5 heteroatoms. The third-order valence-corrected chi connectivity index (χ3v) is 7.79. The standard InChI is InChI=1S/C21H22ClNO2S/c1-15-9-11-17(12-10-15)26(24,25)23-13-5-8-18-19(14-22)20(21(18)23)16-6-3-2-4-7-16/h2-4,6-12,19-21H,5,13-14H2,1H3/t19-,20-,21+/m1/s1. The minimum absolute atomic E-state index is 0.112. The number of benzene rings is 2. The molecule has 2 aromatic rings. The maximum Gasteiger partial charge on any atom is 0.243 e. The first-order valence-electron chi connectivity index (χ1n) is 8.93. The fourth-order valence-electron chi connectivity index (χ4n) is 4.24. The van der Waals surface area contributed by atoms with Crippen molar-refractivity contribution in [1.29, 1.82) is 0 Å². The van der Waals surface area contributed by atoms with Crippen molar-refractivity contribution in [2.75, 3.05) is 12.4 Å². The van der Waals surface area contributed by atoms with E-state index in [1.54, 1.807) is 16.4 Å². The van der Waals surface area contributed by atoms with Crippen LogP contribution in [0.1, 0.15) is 23.5 Å². The van der Waals surface area contributed by atoms with Crippen molar-refractivity contribution in [3.63, 3.8) is 0 Å². The van der Waals surface area contributed by atoms with E-state index in [1.807, 2.05) is 37.3 Å². The Bertz CT molecular complexity index is 922. The first-order chi connectivity index (χ1) is 12.5. The number of nitrogens with zero attached hydrogens (tertiary/aromatic N) is 1. The molecule has 0 saturated heterocycles. The van der Waals surface area contributed by atoms with Gasteiger partial charge in [-0.2, -0.15) is 4.31 Å². The lowest BCUT2D eigenvalue weighted by Gasteiger charge is -2.53. The predicted molar refractivity (Wildman–Crippen MR) is 105 cm³/mol. The summed E-state index contributed by atoms with van der Waals surface area (Å²) in [5.41, 5.74) is 3.39. The Balaban J connectivity index is 1.74. The minimum atomic E-state index is -3.53. The average molecular weight is 388 g/mol. The van der Waals surface area contributed by atoms with E-state index in [-0.39, 0.29) is 17.9 Å². The second kappa shape index (κ2) is 6.84. The van der Waals surface area contributed by atoms with Gasteiger partial charge in [-0.3, -0.25) is 0 Å². The van der Waals surface area contributed by atoms with Gasteiger partial charge < -0.3 is 0 Å². The number of sulfonamides is 1. The number of halogens is 1. The summed E-state index contributed by atoms with van der Waals surface area (Å²) >= 11 is 6.26. The molecular weight excluding hydrogens is 366 g/mol. The third-order valence-electron chi connectivity index (χ3n) is 5.56. The molecule has 2 aliphatic rings. The maximum atomic E-state index is 13.3. The minimum Gasteiger partial charge on any atom is -0.207 e. The molecule has 0 amide bonds. The topological polar surface area (TPSA) is 37.4 Å². The molecule has 0 spiro atoms. The molecular formula is C21H22ClNO2S. The van der Waals surface area contributed by atoms with Gasteiger partial charge in [0.25, 0.3) is 0 Å². The molecule has 3 nitrogen and oxygen atoms in total. The largest absolute Gasteiger partial charge is 0.243 e. The lowest BCUT2D eigenvalue weighted by atomic mass is 9.61. The SMILES string of the molecule is Cc1ccc(S(=O)(=O)N2CCC=C3[C@@H](CCl)[C@@H](c4ccccc4)[C@H]32)cc1. The van der Waals surface area contributed by atoms with E-state index < -0.39 is 10.0 Å². The highest BCUT2D eigenvalue weighted by molar-refractivity contribution is 7.89. The van der Waals surface area contributed by atoms with Gasteiger partial charge in [-0.25, -0.2) is 8.42 Å². The molecule has 3 atom stereocenters. The number of fused-ring (bicyclic) bond motifs is 1. The van der Waals surface area contributed by atoms with Gasteiger partial charge in [0.15, 0.2) is 0 Å². The van der Waals surface area contributed by atoms with Gasteiger partial charge in [0.1, 0.15) is 0 Å². The molecule has 0 N–H and O–H groups in total. The number of hydrogen-bond donors (Lipinski definition) is 0. The Morgan fingerprint density at radius 2 is 1.77 bits per heavy atom. The van der Waals surface area contributed by atoms with E-state index in [0.29, 0.717) is 17.3 Å². The van der Waals surface area contributed by atoms with Crippen molar-refractivity contribution >= 4 is 21.6 Å². The van der Waals surface area contributed by atoms with E-state index in [2.05, 4.69) is 18.2 Å². The van der Waals surface area contributed by atoms with Crippen molar-refractivity contribution in [1.82, 2.24) is 4.31 Å². The van der Waals surface area contributed by atoms with E-state index in [0.717, 1.165) is 17.5 Å². The van der Waals surface area contributed by atoms with E-state index in [1.165, 1.54) is 5.57 Å². The van der Waals surface area contributed by atoms with Gasteiger partial charge in [-0.1, -0.05) is 59.7 Å². The number of alkyl halides is 1. The first-order valence-corrected chi connectivity index (χ1v) is 10.9. The van der Waals surface area contributed by atoms with Crippen LogP contribution in [-0.4, -0.2) is 31.2 Å². The van der Waals surface area contributed by atoms with Crippen LogP contribution in [0, 0.1) is 12.8 Å². The average Bonchev–Trinajstić information content (AvgIpc) is 2.64. The monoisotopic (exact) mass is 387 g/mol. The van der Waals surface area contributed by atoms with E-state index >= 15 is 0 Å². The summed E-state index contributed by atoms with van der Waals surface area (Å²) in [6.45, 7) is 2.48. The normalized spacial score (nSPS) is 25.9. The van der Waals surface area contributed by atoms with Crippen LogP contribution in [0.4, 0.5) is 0 Å². The number of rotatable bonds is 4. The molecule has 1 heterocycles. The van der Waals surface area contributed by atoms with Crippen LogP contribution < -0.4 is 0 Å². The van der Waals surface area contributed by atoms with Gasteiger partial charge in [0.05, 0.1) is 10.9 Å². The highest BCUT2D eigenvalue weighted by atomic mass is 35.5. The molecule has 1 fully saturated rings. The molecule has 4 rings (SSSR count). The second-order valence-electron chi connectivity index (χ2n) is 7.06. The molecule has 0 unspecified atom stereocenters. The Morgan fingerprint density at radius 1 is 1.08 bits per heavy atom. The summed E-state index contributed by atoms with van der Waals surface area (Å²) in [6.07, 6.45) is 2.93. The molecule has 2 aromatic carbocycles. The van der Waals surface area contributed by atoms with Gasteiger partial charge >= 0.3 is 0 Å². The van der Waals surface area contributed by atoms with Crippen LogP contribution in [-0.2, 0) is 10.0 Å². The van der Waals surface area contributed by atoms with Crippen molar-refractivity contribution in [3.05, 3.63) is 77.4 Å². The van der Waals surface area contributed by atoms with Crippen molar-refractivity contribution in [2.24, 2.45) is 5.92 Å². The van der Waals surface area contributed by atoms with Crippen LogP contribution in [0.3, 0.4) is 0 Å². The Kier molecular flexibility index (Phi) is 4.68. The summed E-state index contributed by atoms with van der Waals surface area (Å²) in [4.78, 5) is 0.366. The highest BCUT2D eigenvalue weighted by Gasteiger charge is 2.53. The summed E-state index contributed by atoms with van der Waals surface area (Å²) in [5.74, 6) is 0.834. The van der Waals surface area contributed by atoms with Gasteiger partial charge in [-0.15, -0.1) is 11.6 Å². The molecule has 0 radical (unpaired) electrons. The second-order valence-corrected chi connectivity index (χ2v) is 9.26. The molecule has 1 aliphatic carbocycles. The molecule has 1 saturated carbocycles. The van der Waals surface area contributed by atoms with E-state index in [4.69, 9.17) is 11.6 Å². The first kappa shape index (κ1) is 17.8. The van der Waals surface area contributed by atoms with Crippen LogP contribution in [0.25, 0.3) is 0 Å². The summed E-state index contributed by atoms with van der Waals surface area (Å²) in [7, 11) is -3.53. The van der Waals surface area contributed by atoms with Crippen LogP contribution in [0.5, 0.6) is 0 Å². The summed E-state index contributed by atoms with van der Waals surface area (Å²) in [6, 6.07) is 17.1. The predicted octanol–water partition coefficient (Wildman–Crippen LogP) is 4.34. The molecule has 0 bridgehead atoms. The van der Waals surface area contributed by atoms with Crippen molar-refractivity contribution in [2.45, 2.75) is 30.2 Å². The van der Waals surface area contributed by atoms with Crippen LogP contribution in [0.15, 0.2) is 71.1 Å². The summed E-state index contributed by atoms with van der Waals surface area (Å²) in [5, 5.41) is 0.